The maximum absolute atomic E-state index is 14.0. The summed E-state index contributed by atoms with van der Waals surface area (Å²) in [7, 11) is 1.67. The Kier molecular flexibility index (Phi) is 6.02. The molecule has 6 rings (SSSR count). The highest BCUT2D eigenvalue weighted by Gasteiger charge is 2.36. The quantitative estimate of drug-likeness (QED) is 0.305. The molecule has 3 heterocycles. The second kappa shape index (κ2) is 9.34. The predicted molar refractivity (Wildman–Crippen MR) is 146 cm³/mol. The number of halogens is 1. The molecule has 0 saturated carbocycles. The minimum atomic E-state index is -0.259. The molecule has 0 bridgehead atoms. The van der Waals surface area contributed by atoms with Crippen LogP contribution in [0.3, 0.4) is 0 Å². The highest BCUT2D eigenvalue weighted by atomic mass is 35.5. The fourth-order valence-corrected chi connectivity index (χ4v) is 6.97. The largest absolute Gasteiger partial charge is 0.497 e. The topological polar surface area (TPSA) is 46.5 Å². The van der Waals surface area contributed by atoms with E-state index in [0.717, 1.165) is 35.4 Å². The first-order valence-electron chi connectivity index (χ1n) is 12.3. The van der Waals surface area contributed by atoms with E-state index in [1.807, 2.05) is 53.5 Å². The Labute approximate surface area is 220 Å². The number of carbonyl (C=O) groups is 1. The van der Waals surface area contributed by atoms with Crippen LogP contribution in [0.4, 0.5) is 10.5 Å². The smallest absolute Gasteiger partial charge is 0.322 e. The number of fused-ring (bicyclic) bond motifs is 5. The van der Waals surface area contributed by atoms with Gasteiger partial charge < -0.3 is 19.5 Å². The van der Waals surface area contributed by atoms with Crippen molar-refractivity contribution in [3.8, 4) is 10.8 Å². The zero-order valence-corrected chi connectivity index (χ0v) is 22.0. The number of ether oxygens (including phenoxy) is 1. The average molecular weight is 518 g/mol. The van der Waals surface area contributed by atoms with E-state index in [4.69, 9.17) is 16.3 Å². The maximum atomic E-state index is 14.0. The summed E-state index contributed by atoms with van der Waals surface area (Å²) in [6.45, 7) is 2.50. The molecule has 2 amide bonds. The number of nitrogens with one attached hydrogen (secondary N) is 1. The van der Waals surface area contributed by atoms with Crippen molar-refractivity contribution in [2.24, 2.45) is 0 Å². The summed E-state index contributed by atoms with van der Waals surface area (Å²) < 4.78 is 7.70. The molecule has 1 aliphatic carbocycles. The van der Waals surface area contributed by atoms with E-state index in [0.29, 0.717) is 17.3 Å². The molecular formula is C29H28ClN3O2S. The molecule has 36 heavy (non-hydrogen) atoms. The number of aryl methyl sites for hydroxylation is 2. The molecule has 0 spiro atoms. The van der Waals surface area contributed by atoms with E-state index in [-0.39, 0.29) is 12.1 Å². The molecule has 2 aromatic heterocycles. The van der Waals surface area contributed by atoms with Gasteiger partial charge in [-0.3, -0.25) is 0 Å². The van der Waals surface area contributed by atoms with Gasteiger partial charge in [-0.25, -0.2) is 4.79 Å². The van der Waals surface area contributed by atoms with Crippen molar-refractivity contribution < 1.29 is 9.53 Å². The summed E-state index contributed by atoms with van der Waals surface area (Å²) in [6.07, 6.45) is 6.77. The highest BCUT2D eigenvalue weighted by molar-refractivity contribution is 7.15. The molecule has 2 aromatic carbocycles. The van der Waals surface area contributed by atoms with Crippen molar-refractivity contribution in [3.05, 3.63) is 98.6 Å². The van der Waals surface area contributed by atoms with E-state index >= 15 is 0 Å². The molecule has 0 unspecified atom stereocenters. The maximum Gasteiger partial charge on any atom is 0.322 e. The number of rotatable bonds is 3. The van der Waals surface area contributed by atoms with Crippen LogP contribution in [0.25, 0.3) is 5.00 Å². The summed E-state index contributed by atoms with van der Waals surface area (Å²) in [4.78, 5) is 17.4. The summed E-state index contributed by atoms with van der Waals surface area (Å²) in [6, 6.07) is 17.5. The highest BCUT2D eigenvalue weighted by Crippen LogP contribution is 2.44. The summed E-state index contributed by atoms with van der Waals surface area (Å²) in [5.41, 5.74) is 6.50. The second-order valence-electron chi connectivity index (χ2n) is 9.50. The van der Waals surface area contributed by atoms with Crippen LogP contribution in [-0.2, 0) is 19.4 Å². The zero-order valence-electron chi connectivity index (χ0n) is 20.4. The number of thiophene rings is 1. The lowest BCUT2D eigenvalue weighted by Gasteiger charge is -2.31. The first-order valence-corrected chi connectivity index (χ1v) is 13.5. The molecular weight excluding hydrogens is 490 g/mol. The van der Waals surface area contributed by atoms with Crippen molar-refractivity contribution >= 4 is 34.7 Å². The van der Waals surface area contributed by atoms with Gasteiger partial charge in [-0.05, 0) is 85.7 Å². The van der Waals surface area contributed by atoms with Gasteiger partial charge in [0.05, 0.1) is 25.4 Å². The van der Waals surface area contributed by atoms with Crippen molar-refractivity contribution in [1.82, 2.24) is 9.47 Å². The number of hydrogen-bond acceptors (Lipinski definition) is 3. The van der Waals surface area contributed by atoms with Crippen LogP contribution < -0.4 is 10.1 Å². The number of urea groups is 1. The standard InChI is InChI=1S/C29H28ClN3O2S/c1-18-9-12-20(16-24(18)30)31-29(34)33-17-23-22-6-3-4-8-26(22)36-28(23)32-15-5-7-25(32)27(33)19-10-13-21(35-2)14-11-19/h5,7,9-16,27H,3-4,6,8,17H2,1-2H3,(H,31,34)/t27-/m1/s1. The zero-order chi connectivity index (χ0) is 24.8. The molecule has 5 nitrogen and oxygen atoms in total. The fourth-order valence-electron chi connectivity index (χ4n) is 5.39. The molecule has 4 aromatic rings. The first-order chi connectivity index (χ1) is 17.5. The van der Waals surface area contributed by atoms with Gasteiger partial charge in [0.25, 0.3) is 0 Å². The van der Waals surface area contributed by atoms with E-state index < -0.39 is 0 Å². The third kappa shape index (κ3) is 3.98. The Hall–Kier alpha value is -3.22. The Balaban J connectivity index is 1.48. The van der Waals surface area contributed by atoms with Crippen LogP contribution in [0, 0.1) is 6.92 Å². The van der Waals surface area contributed by atoms with Crippen LogP contribution in [-0.4, -0.2) is 22.6 Å². The number of aromatic nitrogens is 1. The average Bonchev–Trinajstić information content (AvgIpc) is 3.48. The molecule has 0 radical (unpaired) electrons. The summed E-state index contributed by atoms with van der Waals surface area (Å²) >= 11 is 8.26. The van der Waals surface area contributed by atoms with E-state index in [1.165, 1.54) is 33.8 Å². The number of amides is 2. The van der Waals surface area contributed by atoms with Crippen molar-refractivity contribution in [1.29, 1.82) is 0 Å². The third-order valence-electron chi connectivity index (χ3n) is 7.29. The van der Waals surface area contributed by atoms with Crippen molar-refractivity contribution in [2.75, 3.05) is 12.4 Å². The molecule has 1 aliphatic heterocycles. The van der Waals surface area contributed by atoms with Gasteiger partial charge >= 0.3 is 6.03 Å². The van der Waals surface area contributed by atoms with Gasteiger partial charge in [0.2, 0.25) is 0 Å². The number of carbonyl (C=O) groups excluding carboxylic acids is 1. The van der Waals surface area contributed by atoms with Gasteiger partial charge in [-0.1, -0.05) is 29.8 Å². The second-order valence-corrected chi connectivity index (χ2v) is 11.0. The minimum absolute atomic E-state index is 0.146. The van der Waals surface area contributed by atoms with Crippen LogP contribution >= 0.6 is 22.9 Å². The van der Waals surface area contributed by atoms with Crippen LogP contribution in [0.5, 0.6) is 5.75 Å². The predicted octanol–water partition coefficient (Wildman–Crippen LogP) is 7.53. The molecule has 1 atom stereocenters. The third-order valence-corrected chi connectivity index (χ3v) is 9.03. The lowest BCUT2D eigenvalue weighted by molar-refractivity contribution is 0.194. The number of nitrogens with zero attached hydrogens (tertiary/aromatic N) is 2. The molecule has 0 fully saturated rings. The number of hydrogen-bond donors (Lipinski definition) is 1. The van der Waals surface area contributed by atoms with Crippen LogP contribution in [0.2, 0.25) is 5.02 Å². The SMILES string of the molecule is COc1ccc([C@@H]2c3cccn3-c3sc4c(c3CN2C(=O)Nc2ccc(C)c(Cl)c2)CCCC4)cc1. The first kappa shape index (κ1) is 23.2. The monoisotopic (exact) mass is 517 g/mol. The lowest BCUT2D eigenvalue weighted by Crippen LogP contribution is -2.38. The Morgan fingerprint density at radius 1 is 1.08 bits per heavy atom. The van der Waals surface area contributed by atoms with E-state index in [2.05, 4.69) is 40.3 Å². The summed E-state index contributed by atoms with van der Waals surface area (Å²) in [5, 5.41) is 5.01. The number of benzene rings is 2. The van der Waals surface area contributed by atoms with E-state index in [9.17, 15) is 4.79 Å². The van der Waals surface area contributed by atoms with Gasteiger partial charge in [0, 0.05) is 27.3 Å². The minimum Gasteiger partial charge on any atom is -0.497 e. The molecule has 7 heteroatoms. The summed E-state index contributed by atoms with van der Waals surface area (Å²) in [5.74, 6) is 0.793. The van der Waals surface area contributed by atoms with Gasteiger partial charge in [0.15, 0.2) is 0 Å². The van der Waals surface area contributed by atoms with Gasteiger partial charge in [0.1, 0.15) is 10.8 Å². The Bertz CT molecular complexity index is 1440. The van der Waals surface area contributed by atoms with Crippen molar-refractivity contribution in [3.63, 3.8) is 0 Å². The molecule has 184 valence electrons. The van der Waals surface area contributed by atoms with Crippen LogP contribution in [0.15, 0.2) is 60.8 Å². The van der Waals surface area contributed by atoms with Gasteiger partial charge in [-0.2, -0.15) is 0 Å². The number of methoxy groups -OCH3 is 1. The number of anilines is 1. The van der Waals surface area contributed by atoms with Crippen LogP contribution in [0.1, 0.15) is 51.7 Å². The lowest BCUT2D eigenvalue weighted by atomic mass is 9.95. The van der Waals surface area contributed by atoms with Gasteiger partial charge in [-0.15, -0.1) is 11.3 Å². The fraction of sp³-hybridized carbons (Fsp3) is 0.276. The van der Waals surface area contributed by atoms with E-state index in [1.54, 1.807) is 7.11 Å². The normalized spacial score (nSPS) is 16.5. The Morgan fingerprint density at radius 2 is 1.89 bits per heavy atom. The van der Waals surface area contributed by atoms with Crippen molar-refractivity contribution in [2.45, 2.75) is 45.2 Å². The Morgan fingerprint density at radius 3 is 2.67 bits per heavy atom. The molecule has 1 N–H and O–H groups in total. The molecule has 2 aliphatic rings. The molecule has 0 saturated heterocycles.